The second-order valence-electron chi connectivity index (χ2n) is 4.48. The third-order valence-corrected chi connectivity index (χ3v) is 4.39. The van der Waals surface area contributed by atoms with Gasteiger partial charge >= 0.3 is 0 Å². The summed E-state index contributed by atoms with van der Waals surface area (Å²) in [6, 6.07) is 31.1. The monoisotopic (exact) mass is 312 g/mol. The van der Waals surface area contributed by atoms with Crippen molar-refractivity contribution in [2.24, 2.45) is 0 Å². The van der Waals surface area contributed by atoms with Crippen LogP contribution in [0.25, 0.3) is 0 Å². The predicted octanol–water partition coefficient (Wildman–Crippen LogP) is 4.74. The van der Waals surface area contributed by atoms with Gasteiger partial charge < -0.3 is 0 Å². The molecule has 0 aliphatic heterocycles. The summed E-state index contributed by atoms with van der Waals surface area (Å²) in [7, 11) is 0.777. The van der Waals surface area contributed by atoms with Crippen LogP contribution in [-0.2, 0) is 5.88 Å². The number of alkyl halides is 1. The number of hydrogen-bond acceptors (Lipinski definition) is 0. The van der Waals surface area contributed by atoms with E-state index in [1.807, 2.05) is 30.3 Å². The molecule has 0 saturated carbocycles. The molecule has 3 aromatic rings. The Morgan fingerprint density at radius 2 is 0.952 bits per heavy atom. The average molecular weight is 313 g/mol. The van der Waals surface area contributed by atoms with Crippen molar-refractivity contribution >= 4 is 30.8 Å². The van der Waals surface area contributed by atoms with Crippen LogP contribution in [0.1, 0.15) is 5.56 Å². The molecule has 0 aliphatic carbocycles. The van der Waals surface area contributed by atoms with E-state index in [0.29, 0.717) is 5.88 Å². The van der Waals surface area contributed by atoms with Gasteiger partial charge in [0, 0.05) is 5.88 Å². The Balaban J connectivity index is 0.000000173. The first kappa shape index (κ1) is 15.8. The highest BCUT2D eigenvalue weighted by Crippen LogP contribution is 2.08. The van der Waals surface area contributed by atoms with E-state index in [2.05, 4.69) is 60.7 Å². The number of hydrogen-bond donors (Lipinski definition) is 0. The maximum absolute atomic E-state index is 5.53. The molecule has 3 aromatic carbocycles. The van der Waals surface area contributed by atoms with E-state index in [1.54, 1.807) is 0 Å². The second kappa shape index (κ2) is 9.34. The van der Waals surface area contributed by atoms with Crippen LogP contribution >= 0.6 is 20.2 Å². The van der Waals surface area contributed by atoms with Gasteiger partial charge in [0.25, 0.3) is 0 Å². The van der Waals surface area contributed by atoms with E-state index in [4.69, 9.17) is 11.6 Å². The van der Waals surface area contributed by atoms with Crippen LogP contribution in [0.4, 0.5) is 0 Å². The van der Waals surface area contributed by atoms with Gasteiger partial charge in [-0.1, -0.05) is 99.6 Å². The summed E-state index contributed by atoms with van der Waals surface area (Å²) < 4.78 is 0. The molecule has 0 amide bonds. The maximum atomic E-state index is 5.53. The van der Waals surface area contributed by atoms with Gasteiger partial charge in [0.15, 0.2) is 0 Å². The zero-order chi connectivity index (χ0) is 14.8. The van der Waals surface area contributed by atoms with Crippen LogP contribution in [0.3, 0.4) is 0 Å². The second-order valence-corrected chi connectivity index (χ2v) is 6.15. The SMILES string of the molecule is ClCc1ccccc1.c1ccc(Pc2ccccc2)cc1. The van der Waals surface area contributed by atoms with Crippen molar-refractivity contribution in [1.29, 1.82) is 0 Å². The Bertz CT molecular complexity index is 571. The minimum absolute atomic E-state index is 0.612. The van der Waals surface area contributed by atoms with Crippen molar-refractivity contribution in [2.45, 2.75) is 5.88 Å². The maximum Gasteiger partial charge on any atom is 0.0474 e. The van der Waals surface area contributed by atoms with Gasteiger partial charge in [0.2, 0.25) is 0 Å². The minimum Gasteiger partial charge on any atom is -0.122 e. The summed E-state index contributed by atoms with van der Waals surface area (Å²) in [6.45, 7) is 0. The Labute approximate surface area is 133 Å². The summed E-state index contributed by atoms with van der Waals surface area (Å²) >= 11 is 5.53. The molecular weight excluding hydrogens is 295 g/mol. The van der Waals surface area contributed by atoms with E-state index in [-0.39, 0.29) is 0 Å². The molecule has 0 aliphatic rings. The van der Waals surface area contributed by atoms with Gasteiger partial charge in [0.1, 0.15) is 0 Å². The molecule has 21 heavy (non-hydrogen) atoms. The number of benzene rings is 3. The van der Waals surface area contributed by atoms with Crippen molar-refractivity contribution < 1.29 is 0 Å². The smallest absolute Gasteiger partial charge is 0.0474 e. The van der Waals surface area contributed by atoms with Crippen molar-refractivity contribution in [3.05, 3.63) is 96.6 Å². The first-order valence-corrected chi connectivity index (χ1v) is 8.39. The fourth-order valence-electron chi connectivity index (χ4n) is 1.78. The summed E-state index contributed by atoms with van der Waals surface area (Å²) in [5.41, 5.74) is 1.18. The van der Waals surface area contributed by atoms with Gasteiger partial charge in [-0.05, 0) is 16.2 Å². The molecule has 0 fully saturated rings. The van der Waals surface area contributed by atoms with E-state index in [9.17, 15) is 0 Å². The van der Waals surface area contributed by atoms with Crippen LogP contribution in [0.15, 0.2) is 91.0 Å². The predicted molar refractivity (Wildman–Crippen MR) is 96.5 cm³/mol. The Kier molecular flexibility index (Phi) is 7.01. The third kappa shape index (κ3) is 6.12. The Morgan fingerprint density at radius 1 is 0.571 bits per heavy atom. The number of rotatable bonds is 3. The largest absolute Gasteiger partial charge is 0.122 e. The highest BCUT2D eigenvalue weighted by molar-refractivity contribution is 7.55. The third-order valence-electron chi connectivity index (χ3n) is 2.83. The molecule has 3 rings (SSSR count). The van der Waals surface area contributed by atoms with Crippen molar-refractivity contribution in [3.8, 4) is 0 Å². The molecule has 0 spiro atoms. The molecule has 0 unspecified atom stereocenters. The molecule has 0 N–H and O–H groups in total. The summed E-state index contributed by atoms with van der Waals surface area (Å²) in [5, 5.41) is 2.79. The lowest BCUT2D eigenvalue weighted by atomic mass is 10.2. The van der Waals surface area contributed by atoms with Gasteiger partial charge in [-0.15, -0.1) is 11.6 Å². The fraction of sp³-hybridized carbons (Fsp3) is 0.0526. The topological polar surface area (TPSA) is 0 Å². The van der Waals surface area contributed by atoms with Crippen molar-refractivity contribution in [3.63, 3.8) is 0 Å². The Morgan fingerprint density at radius 3 is 1.29 bits per heavy atom. The summed E-state index contributed by atoms with van der Waals surface area (Å²) in [6.07, 6.45) is 0. The molecule has 0 aromatic heterocycles. The van der Waals surface area contributed by atoms with E-state index in [1.165, 1.54) is 16.2 Å². The zero-order valence-electron chi connectivity index (χ0n) is 11.7. The van der Waals surface area contributed by atoms with E-state index >= 15 is 0 Å². The molecule has 0 heterocycles. The van der Waals surface area contributed by atoms with Gasteiger partial charge in [-0.25, -0.2) is 0 Å². The molecule has 0 atom stereocenters. The van der Waals surface area contributed by atoms with Crippen molar-refractivity contribution in [1.82, 2.24) is 0 Å². The van der Waals surface area contributed by atoms with Crippen LogP contribution in [-0.4, -0.2) is 0 Å². The summed E-state index contributed by atoms with van der Waals surface area (Å²) in [4.78, 5) is 0. The van der Waals surface area contributed by atoms with Gasteiger partial charge in [-0.3, -0.25) is 0 Å². The lowest BCUT2D eigenvalue weighted by molar-refractivity contribution is 1.41. The van der Waals surface area contributed by atoms with Crippen LogP contribution in [0, 0.1) is 0 Å². The van der Waals surface area contributed by atoms with Crippen molar-refractivity contribution in [2.75, 3.05) is 0 Å². The standard InChI is InChI=1S/C12H11P.C7H7Cl/c1-3-7-11(8-4-1)13-12-9-5-2-6-10-12;8-6-7-4-2-1-3-5-7/h1-10,13H;1-5H,6H2. The summed E-state index contributed by atoms with van der Waals surface area (Å²) in [5.74, 6) is 0.612. The molecule has 2 heteroatoms. The molecular formula is C19H18ClP. The average Bonchev–Trinajstić information content (AvgIpc) is 2.58. The zero-order valence-corrected chi connectivity index (χ0v) is 13.5. The molecule has 0 bridgehead atoms. The van der Waals surface area contributed by atoms with Crippen LogP contribution in [0.5, 0.6) is 0 Å². The first-order chi connectivity index (χ1) is 10.4. The quantitative estimate of drug-likeness (QED) is 0.484. The van der Waals surface area contributed by atoms with E-state index < -0.39 is 0 Å². The molecule has 106 valence electrons. The van der Waals surface area contributed by atoms with Gasteiger partial charge in [0.05, 0.1) is 0 Å². The lowest BCUT2D eigenvalue weighted by Crippen LogP contribution is -2.01. The highest BCUT2D eigenvalue weighted by atomic mass is 35.5. The molecule has 0 saturated heterocycles. The van der Waals surface area contributed by atoms with Gasteiger partial charge in [-0.2, -0.15) is 0 Å². The van der Waals surface area contributed by atoms with Crippen LogP contribution in [0.2, 0.25) is 0 Å². The first-order valence-electron chi connectivity index (χ1n) is 6.85. The highest BCUT2D eigenvalue weighted by Gasteiger charge is 1.92. The fourth-order valence-corrected chi connectivity index (χ4v) is 3.01. The normalized spacial score (nSPS) is 9.57. The number of halogens is 1. The van der Waals surface area contributed by atoms with Crippen LogP contribution < -0.4 is 10.6 Å². The minimum atomic E-state index is 0.612. The lowest BCUT2D eigenvalue weighted by Gasteiger charge is -2.00. The Hall–Kier alpha value is -1.62. The molecule has 0 nitrogen and oxygen atoms in total. The molecule has 0 radical (unpaired) electrons. The van der Waals surface area contributed by atoms with E-state index in [0.717, 1.165) is 8.58 Å².